The molecule has 0 aliphatic heterocycles. The fourth-order valence-electron chi connectivity index (χ4n) is 4.37. The van der Waals surface area contributed by atoms with Crippen LogP contribution in [0.3, 0.4) is 0 Å². The molecule has 11 heteroatoms. The van der Waals surface area contributed by atoms with E-state index in [2.05, 4.69) is 10.6 Å². The van der Waals surface area contributed by atoms with Crippen molar-refractivity contribution in [1.29, 1.82) is 0 Å². The van der Waals surface area contributed by atoms with E-state index in [1.807, 2.05) is 51.1 Å². The minimum absolute atomic E-state index is 0.0160. The number of ether oxygens (including phenoxy) is 1. The van der Waals surface area contributed by atoms with Gasteiger partial charge >= 0.3 is 0 Å². The van der Waals surface area contributed by atoms with Crippen molar-refractivity contribution in [3.8, 4) is 5.75 Å². The zero-order valence-corrected chi connectivity index (χ0v) is 25.3. The quantitative estimate of drug-likeness (QED) is 0.189. The molecule has 0 heterocycles. The van der Waals surface area contributed by atoms with E-state index in [-0.39, 0.29) is 66.9 Å². The molecule has 0 fully saturated rings. The van der Waals surface area contributed by atoms with Crippen molar-refractivity contribution in [3.05, 3.63) is 60.2 Å². The molecule has 2 aromatic rings. The summed E-state index contributed by atoms with van der Waals surface area (Å²) in [5.41, 5.74) is -1.04. The zero-order valence-electron chi connectivity index (χ0n) is 23.7. The molecule has 2 rings (SSSR count). The highest BCUT2D eigenvalue weighted by Gasteiger charge is 2.43. The lowest BCUT2D eigenvalue weighted by atomic mass is 9.98. The van der Waals surface area contributed by atoms with Gasteiger partial charge in [0, 0.05) is 38.4 Å². The van der Waals surface area contributed by atoms with Gasteiger partial charge in [-0.15, -0.1) is 11.6 Å². The average Bonchev–Trinajstić information content (AvgIpc) is 2.92. The summed E-state index contributed by atoms with van der Waals surface area (Å²) in [6.45, 7) is 5.78. The first-order chi connectivity index (χ1) is 18.9. The first-order valence-electron chi connectivity index (χ1n) is 13.5. The summed E-state index contributed by atoms with van der Waals surface area (Å²) in [6, 6.07) is 15.1. The van der Waals surface area contributed by atoms with Crippen molar-refractivity contribution < 1.29 is 27.9 Å². The summed E-state index contributed by atoms with van der Waals surface area (Å²) in [5, 5.41) is 17.6. The first-order valence-corrected chi connectivity index (χ1v) is 15.4. The second kappa shape index (κ2) is 16.0. The summed E-state index contributed by atoms with van der Waals surface area (Å²) < 4.78 is 34.1. The molecule has 2 unspecified atom stereocenters. The number of aliphatic hydroxyl groups is 1. The van der Waals surface area contributed by atoms with Crippen LogP contribution in [0.2, 0.25) is 0 Å². The molecule has 0 saturated heterocycles. The maximum atomic E-state index is 13.9. The highest BCUT2D eigenvalue weighted by atomic mass is 35.5. The molecule has 2 aromatic carbocycles. The van der Waals surface area contributed by atoms with Crippen LogP contribution in [0.15, 0.2) is 59.5 Å². The Kier molecular flexibility index (Phi) is 13.4. The number of sulfonamides is 1. The second-order valence-electron chi connectivity index (χ2n) is 10.3. The van der Waals surface area contributed by atoms with Crippen LogP contribution in [0, 0.1) is 5.92 Å². The number of amides is 2. The van der Waals surface area contributed by atoms with E-state index < -0.39 is 15.7 Å². The third-order valence-electron chi connectivity index (χ3n) is 6.39. The van der Waals surface area contributed by atoms with Gasteiger partial charge in [0.05, 0.1) is 12.0 Å². The highest BCUT2D eigenvalue weighted by Crippen LogP contribution is 2.31. The van der Waals surface area contributed by atoms with Crippen molar-refractivity contribution in [2.75, 3.05) is 26.1 Å². The summed E-state index contributed by atoms with van der Waals surface area (Å²) in [7, 11) is -2.61. The molecule has 0 aliphatic rings. The van der Waals surface area contributed by atoms with Gasteiger partial charge in [-0.3, -0.25) is 9.59 Å². The summed E-state index contributed by atoms with van der Waals surface area (Å²) in [4.78, 5) is 24.0. The number of rotatable bonds is 17. The van der Waals surface area contributed by atoms with Gasteiger partial charge in [0.25, 0.3) is 0 Å². The number of hydrogen-bond acceptors (Lipinski definition) is 6. The van der Waals surface area contributed by atoms with Crippen molar-refractivity contribution in [1.82, 2.24) is 14.9 Å². The minimum atomic E-state index is -4.11. The Morgan fingerprint density at radius 2 is 1.70 bits per heavy atom. The summed E-state index contributed by atoms with van der Waals surface area (Å²) in [5.74, 6) is -0.143. The highest BCUT2D eigenvalue weighted by molar-refractivity contribution is 7.89. The van der Waals surface area contributed by atoms with Gasteiger partial charge in [-0.1, -0.05) is 44.2 Å². The smallest absolute Gasteiger partial charge is 0.245 e. The first kappa shape index (κ1) is 33.5. The Morgan fingerprint density at radius 1 is 1.05 bits per heavy atom. The lowest BCUT2D eigenvalue weighted by Gasteiger charge is -2.40. The van der Waals surface area contributed by atoms with Crippen LogP contribution in [-0.4, -0.2) is 67.5 Å². The average molecular weight is 596 g/mol. The Hall–Kier alpha value is -2.66. The normalized spacial score (nSPS) is 14.0. The molecule has 0 aromatic heterocycles. The van der Waals surface area contributed by atoms with E-state index in [1.54, 1.807) is 12.1 Å². The molecule has 40 heavy (non-hydrogen) atoms. The van der Waals surface area contributed by atoms with Crippen LogP contribution in [0.1, 0.15) is 52.0 Å². The molecular weight excluding hydrogens is 554 g/mol. The maximum Gasteiger partial charge on any atom is 0.245 e. The number of carbonyl (C=O) groups excluding carboxylic acids is 2. The van der Waals surface area contributed by atoms with Crippen LogP contribution < -0.4 is 15.4 Å². The fraction of sp³-hybridized carbons (Fsp3) is 0.517. The van der Waals surface area contributed by atoms with Crippen LogP contribution in [-0.2, 0) is 26.0 Å². The van der Waals surface area contributed by atoms with Gasteiger partial charge in [0.1, 0.15) is 17.4 Å². The number of hydrogen-bond donors (Lipinski definition) is 3. The summed E-state index contributed by atoms with van der Waals surface area (Å²) >= 11 is 5.51. The molecule has 2 atom stereocenters. The standard InChI is InChI=1S/C29H42ClN3O6S/c1-22(2)21-33(40(37,38)26-15-13-25(39-4)14-16-26)29(36,19-24-10-6-5-7-11-24)17-18-31-27(34)12-8-9-23(3)32-28(35)20-30/h5-7,10-11,13-16,22-23,36H,8-9,12,17-21H2,1-4H3,(H,31,34)(H,32,35). The second-order valence-corrected chi connectivity index (χ2v) is 12.5. The van der Waals surface area contributed by atoms with E-state index in [1.165, 1.54) is 19.2 Å². The topological polar surface area (TPSA) is 125 Å². The molecule has 9 nitrogen and oxygen atoms in total. The Labute approximate surface area is 243 Å². The number of benzene rings is 2. The number of halogens is 1. The van der Waals surface area contributed by atoms with E-state index in [0.717, 1.165) is 9.87 Å². The minimum Gasteiger partial charge on any atom is -0.497 e. The van der Waals surface area contributed by atoms with Gasteiger partial charge in [-0.25, -0.2) is 8.42 Å². The number of nitrogens with zero attached hydrogens (tertiary/aromatic N) is 1. The predicted octanol–water partition coefficient (Wildman–Crippen LogP) is 3.69. The number of nitrogens with one attached hydrogen (secondary N) is 2. The largest absolute Gasteiger partial charge is 0.497 e. The predicted molar refractivity (Wildman–Crippen MR) is 157 cm³/mol. The van der Waals surface area contributed by atoms with Gasteiger partial charge in [0.2, 0.25) is 21.8 Å². The van der Waals surface area contributed by atoms with Crippen LogP contribution >= 0.6 is 11.6 Å². The molecular formula is C29H42ClN3O6S. The van der Waals surface area contributed by atoms with E-state index in [4.69, 9.17) is 16.3 Å². The zero-order chi connectivity index (χ0) is 29.8. The Morgan fingerprint density at radius 3 is 2.27 bits per heavy atom. The number of methoxy groups -OCH3 is 1. The molecule has 0 bridgehead atoms. The van der Waals surface area contributed by atoms with Crippen LogP contribution in [0.25, 0.3) is 0 Å². The Bertz CT molecular complexity index is 1180. The molecule has 3 N–H and O–H groups in total. The molecule has 0 aliphatic carbocycles. The SMILES string of the molecule is COc1ccc(S(=O)(=O)N(CC(C)C)C(O)(CCNC(=O)CCCC(C)NC(=O)CCl)Cc2ccccc2)cc1. The van der Waals surface area contributed by atoms with Gasteiger partial charge in [-0.2, -0.15) is 4.31 Å². The van der Waals surface area contributed by atoms with Gasteiger partial charge < -0.3 is 20.5 Å². The van der Waals surface area contributed by atoms with Crippen LogP contribution in [0.5, 0.6) is 5.75 Å². The summed E-state index contributed by atoms with van der Waals surface area (Å²) in [6.07, 6.45) is 1.42. The monoisotopic (exact) mass is 595 g/mol. The van der Waals surface area contributed by atoms with Gasteiger partial charge in [-0.05, 0) is 55.5 Å². The Balaban J connectivity index is 2.21. The van der Waals surface area contributed by atoms with Crippen molar-refractivity contribution in [2.24, 2.45) is 5.92 Å². The maximum absolute atomic E-state index is 13.9. The number of alkyl halides is 1. The van der Waals surface area contributed by atoms with Crippen molar-refractivity contribution in [3.63, 3.8) is 0 Å². The fourth-order valence-corrected chi connectivity index (χ4v) is 6.28. The molecule has 2 amide bonds. The van der Waals surface area contributed by atoms with Crippen molar-refractivity contribution >= 4 is 33.4 Å². The van der Waals surface area contributed by atoms with E-state index in [0.29, 0.717) is 18.6 Å². The molecule has 0 saturated carbocycles. The lowest BCUT2D eigenvalue weighted by Crippen LogP contribution is -2.55. The number of carbonyl (C=O) groups is 2. The molecule has 222 valence electrons. The van der Waals surface area contributed by atoms with Crippen molar-refractivity contribution in [2.45, 2.75) is 69.5 Å². The van der Waals surface area contributed by atoms with E-state index >= 15 is 0 Å². The van der Waals surface area contributed by atoms with E-state index in [9.17, 15) is 23.1 Å². The molecule has 0 radical (unpaired) electrons. The third-order valence-corrected chi connectivity index (χ3v) is 8.57. The third kappa shape index (κ3) is 10.4. The molecule has 0 spiro atoms. The van der Waals surface area contributed by atoms with Gasteiger partial charge in [0.15, 0.2) is 0 Å². The lowest BCUT2D eigenvalue weighted by molar-refractivity contribution is -0.122. The van der Waals surface area contributed by atoms with Crippen LogP contribution in [0.4, 0.5) is 0 Å².